The zero-order chi connectivity index (χ0) is 21.7. The van der Waals surface area contributed by atoms with Gasteiger partial charge in [-0.3, -0.25) is 9.52 Å². The molecular formula is C22H21N3O4S. The Morgan fingerprint density at radius 2 is 1.67 bits per heavy atom. The minimum absolute atomic E-state index is 0.0971. The number of hydrazone groups is 1. The monoisotopic (exact) mass is 423 g/mol. The fourth-order valence-electron chi connectivity index (χ4n) is 2.72. The SMILES string of the molecule is C/C(=N/NC(=O)c1cccc(C)c1O)c1cccc(NS(=O)(=O)c2ccccc2)c1. The predicted octanol–water partition coefficient (Wildman–Crippen LogP) is 3.66. The van der Waals surface area contributed by atoms with Crippen LogP contribution in [0, 0.1) is 6.92 Å². The number of benzene rings is 3. The zero-order valence-electron chi connectivity index (χ0n) is 16.5. The Bertz CT molecular complexity index is 1210. The van der Waals surface area contributed by atoms with Crippen molar-refractivity contribution in [3.8, 4) is 5.75 Å². The molecule has 0 aliphatic rings. The third kappa shape index (κ3) is 4.84. The molecule has 7 nitrogen and oxygen atoms in total. The summed E-state index contributed by atoms with van der Waals surface area (Å²) in [7, 11) is -3.71. The number of hydrogen-bond acceptors (Lipinski definition) is 5. The van der Waals surface area contributed by atoms with Crippen LogP contribution in [-0.2, 0) is 10.0 Å². The molecule has 0 aliphatic heterocycles. The molecular weight excluding hydrogens is 402 g/mol. The second-order valence-corrected chi connectivity index (χ2v) is 8.29. The van der Waals surface area contributed by atoms with Gasteiger partial charge in [0.25, 0.3) is 15.9 Å². The molecule has 0 unspecified atom stereocenters. The van der Waals surface area contributed by atoms with Crippen LogP contribution in [0.2, 0.25) is 0 Å². The first-order valence-corrected chi connectivity index (χ1v) is 10.6. The van der Waals surface area contributed by atoms with E-state index in [1.165, 1.54) is 18.2 Å². The van der Waals surface area contributed by atoms with Crippen LogP contribution in [-0.4, -0.2) is 25.1 Å². The van der Waals surface area contributed by atoms with Crippen molar-refractivity contribution in [3.05, 3.63) is 89.5 Å². The van der Waals surface area contributed by atoms with Crippen molar-refractivity contribution in [3.63, 3.8) is 0 Å². The van der Waals surface area contributed by atoms with Gasteiger partial charge in [-0.15, -0.1) is 0 Å². The molecule has 0 aliphatic carbocycles. The van der Waals surface area contributed by atoms with E-state index in [0.29, 0.717) is 22.5 Å². The van der Waals surface area contributed by atoms with Gasteiger partial charge in [0.05, 0.1) is 16.2 Å². The fourth-order valence-corrected chi connectivity index (χ4v) is 3.79. The third-order valence-corrected chi connectivity index (χ3v) is 5.79. The summed E-state index contributed by atoms with van der Waals surface area (Å²) in [6.07, 6.45) is 0. The predicted molar refractivity (Wildman–Crippen MR) is 116 cm³/mol. The van der Waals surface area contributed by atoms with E-state index in [0.717, 1.165) is 0 Å². The van der Waals surface area contributed by atoms with Crippen molar-refractivity contribution in [1.82, 2.24) is 5.43 Å². The Labute approximate surface area is 175 Å². The molecule has 3 aromatic carbocycles. The van der Waals surface area contributed by atoms with E-state index in [1.54, 1.807) is 68.4 Å². The van der Waals surface area contributed by atoms with E-state index in [1.807, 2.05) is 0 Å². The van der Waals surface area contributed by atoms with E-state index < -0.39 is 15.9 Å². The third-order valence-electron chi connectivity index (χ3n) is 4.39. The summed E-state index contributed by atoms with van der Waals surface area (Å²) < 4.78 is 27.5. The number of nitrogens with one attached hydrogen (secondary N) is 2. The Balaban J connectivity index is 1.76. The van der Waals surface area contributed by atoms with E-state index >= 15 is 0 Å². The summed E-state index contributed by atoms with van der Waals surface area (Å²) in [5, 5.41) is 14.1. The van der Waals surface area contributed by atoms with Gasteiger partial charge in [0.1, 0.15) is 5.75 Å². The van der Waals surface area contributed by atoms with Crippen LogP contribution < -0.4 is 10.1 Å². The smallest absolute Gasteiger partial charge is 0.275 e. The minimum Gasteiger partial charge on any atom is -0.507 e. The fraction of sp³-hybridized carbons (Fsp3) is 0.0909. The molecule has 0 saturated heterocycles. The van der Waals surface area contributed by atoms with Gasteiger partial charge in [-0.05, 0) is 55.3 Å². The van der Waals surface area contributed by atoms with Crippen molar-refractivity contribution in [1.29, 1.82) is 0 Å². The summed E-state index contributed by atoms with van der Waals surface area (Å²) in [6.45, 7) is 3.38. The van der Waals surface area contributed by atoms with Crippen LogP contribution >= 0.6 is 0 Å². The molecule has 1 amide bonds. The number of phenols is 1. The largest absolute Gasteiger partial charge is 0.507 e. The molecule has 0 atom stereocenters. The number of sulfonamides is 1. The molecule has 3 aromatic rings. The van der Waals surface area contributed by atoms with Gasteiger partial charge in [-0.1, -0.05) is 42.5 Å². The standard InChI is InChI=1S/C22H21N3O4S/c1-15-8-6-13-20(21(15)26)22(27)24-23-16(2)17-9-7-10-18(14-17)25-30(28,29)19-11-4-3-5-12-19/h3-14,25-26H,1-2H3,(H,24,27)/b23-16-. The molecule has 3 rings (SSSR count). The van der Waals surface area contributed by atoms with Gasteiger partial charge < -0.3 is 5.11 Å². The van der Waals surface area contributed by atoms with E-state index in [4.69, 9.17) is 0 Å². The van der Waals surface area contributed by atoms with Crippen LogP contribution in [0.25, 0.3) is 0 Å². The number of aromatic hydroxyl groups is 1. The minimum atomic E-state index is -3.71. The molecule has 8 heteroatoms. The molecule has 0 spiro atoms. The maximum atomic E-state index is 12.5. The average Bonchev–Trinajstić information content (AvgIpc) is 2.74. The number of phenolic OH excluding ortho intramolecular Hbond substituents is 1. The summed E-state index contributed by atoms with van der Waals surface area (Å²) in [4.78, 5) is 12.5. The highest BCUT2D eigenvalue weighted by molar-refractivity contribution is 7.92. The maximum Gasteiger partial charge on any atom is 0.275 e. The van der Waals surface area contributed by atoms with Crippen LogP contribution in [0.15, 0.2) is 82.8 Å². The number of aryl methyl sites for hydroxylation is 1. The molecule has 0 radical (unpaired) electrons. The quantitative estimate of drug-likeness (QED) is 0.415. The lowest BCUT2D eigenvalue weighted by molar-refractivity contribution is 0.0952. The maximum absolute atomic E-state index is 12.5. The topological polar surface area (TPSA) is 108 Å². The van der Waals surface area contributed by atoms with Crippen molar-refractivity contribution in [2.45, 2.75) is 18.7 Å². The van der Waals surface area contributed by atoms with E-state index in [2.05, 4.69) is 15.2 Å². The first-order valence-electron chi connectivity index (χ1n) is 9.09. The number of carbonyl (C=O) groups is 1. The number of para-hydroxylation sites is 1. The first-order chi connectivity index (χ1) is 14.3. The highest BCUT2D eigenvalue weighted by Gasteiger charge is 2.14. The van der Waals surface area contributed by atoms with Crippen LogP contribution in [0.5, 0.6) is 5.75 Å². The molecule has 0 saturated carbocycles. The molecule has 0 heterocycles. The number of nitrogens with zero attached hydrogens (tertiary/aromatic N) is 1. The second kappa shape index (κ2) is 8.79. The van der Waals surface area contributed by atoms with Crippen molar-refractivity contribution >= 4 is 27.3 Å². The number of anilines is 1. The van der Waals surface area contributed by atoms with Gasteiger partial charge in [0, 0.05) is 5.69 Å². The molecule has 154 valence electrons. The van der Waals surface area contributed by atoms with Gasteiger partial charge >= 0.3 is 0 Å². The molecule has 3 N–H and O–H groups in total. The van der Waals surface area contributed by atoms with Crippen molar-refractivity contribution < 1.29 is 18.3 Å². The first kappa shape index (κ1) is 21.1. The van der Waals surface area contributed by atoms with Crippen LogP contribution in [0.1, 0.15) is 28.4 Å². The molecule has 0 aromatic heterocycles. The Morgan fingerprint density at radius 3 is 2.40 bits per heavy atom. The Kier molecular flexibility index (Phi) is 6.17. The summed E-state index contributed by atoms with van der Waals surface area (Å²) in [5.74, 6) is -0.642. The van der Waals surface area contributed by atoms with Crippen molar-refractivity contribution in [2.75, 3.05) is 4.72 Å². The zero-order valence-corrected chi connectivity index (χ0v) is 17.3. The molecule has 30 heavy (non-hydrogen) atoms. The van der Waals surface area contributed by atoms with Gasteiger partial charge in [0.15, 0.2) is 0 Å². The van der Waals surface area contributed by atoms with E-state index in [9.17, 15) is 18.3 Å². The Morgan fingerprint density at radius 1 is 0.967 bits per heavy atom. The van der Waals surface area contributed by atoms with E-state index in [-0.39, 0.29) is 16.2 Å². The van der Waals surface area contributed by atoms with Gasteiger partial charge in [0.2, 0.25) is 0 Å². The summed E-state index contributed by atoms with van der Waals surface area (Å²) in [5.41, 5.74) is 4.58. The molecule has 0 fully saturated rings. The van der Waals surface area contributed by atoms with Crippen LogP contribution in [0.4, 0.5) is 5.69 Å². The van der Waals surface area contributed by atoms with Crippen molar-refractivity contribution in [2.24, 2.45) is 5.10 Å². The lowest BCUT2D eigenvalue weighted by Gasteiger charge is -2.10. The average molecular weight is 423 g/mol. The Hall–Kier alpha value is -3.65. The number of carbonyl (C=O) groups excluding carboxylic acids is 1. The summed E-state index contributed by atoms with van der Waals surface area (Å²) in [6, 6.07) is 19.6. The van der Waals surface area contributed by atoms with Gasteiger partial charge in [-0.25, -0.2) is 13.8 Å². The lowest BCUT2D eigenvalue weighted by atomic mass is 10.1. The van der Waals surface area contributed by atoms with Gasteiger partial charge in [-0.2, -0.15) is 5.10 Å². The number of rotatable bonds is 6. The normalized spacial score (nSPS) is 11.7. The highest BCUT2D eigenvalue weighted by Crippen LogP contribution is 2.21. The van der Waals surface area contributed by atoms with Crippen LogP contribution in [0.3, 0.4) is 0 Å². The number of amides is 1. The number of hydrogen-bond donors (Lipinski definition) is 3. The summed E-state index contributed by atoms with van der Waals surface area (Å²) >= 11 is 0. The lowest BCUT2D eigenvalue weighted by Crippen LogP contribution is -2.19. The molecule has 0 bridgehead atoms. The highest BCUT2D eigenvalue weighted by atomic mass is 32.2. The second-order valence-electron chi connectivity index (χ2n) is 6.61.